The van der Waals surface area contributed by atoms with E-state index >= 15 is 0 Å². The summed E-state index contributed by atoms with van der Waals surface area (Å²) in [5.74, 6) is -0.448. The van der Waals surface area contributed by atoms with Crippen molar-refractivity contribution in [3.8, 4) is 0 Å². The van der Waals surface area contributed by atoms with Crippen molar-refractivity contribution in [1.29, 1.82) is 0 Å². The minimum absolute atomic E-state index is 0.0280. The standard InChI is InChI=1S/C12H18FNO3S/c1-9(7-10(2)15)8-14-18(16,17)12-5-3-11(13)4-6-12/h3-6,9-10,14-15H,7-8H2,1-2H3. The minimum Gasteiger partial charge on any atom is -0.393 e. The third kappa shape index (κ3) is 4.72. The van der Waals surface area contributed by atoms with E-state index in [0.29, 0.717) is 6.42 Å². The number of rotatable bonds is 6. The SMILES string of the molecule is CC(O)CC(C)CNS(=O)(=O)c1ccc(F)cc1. The second-order valence-corrected chi connectivity index (χ2v) is 6.26. The van der Waals surface area contributed by atoms with Crippen LogP contribution in [0, 0.1) is 11.7 Å². The molecule has 0 aliphatic carbocycles. The molecule has 0 bridgehead atoms. The van der Waals surface area contributed by atoms with Gasteiger partial charge in [-0.05, 0) is 43.5 Å². The van der Waals surface area contributed by atoms with E-state index in [0.717, 1.165) is 12.1 Å². The summed E-state index contributed by atoms with van der Waals surface area (Å²) < 4.78 is 38.8. The molecule has 2 N–H and O–H groups in total. The van der Waals surface area contributed by atoms with Crippen LogP contribution in [0.15, 0.2) is 29.2 Å². The van der Waals surface area contributed by atoms with Gasteiger partial charge in [0.2, 0.25) is 10.0 Å². The molecule has 102 valence electrons. The first-order valence-electron chi connectivity index (χ1n) is 5.74. The molecule has 0 aromatic heterocycles. The monoisotopic (exact) mass is 275 g/mol. The van der Waals surface area contributed by atoms with Crippen molar-refractivity contribution in [3.05, 3.63) is 30.1 Å². The summed E-state index contributed by atoms with van der Waals surface area (Å²) in [6.07, 6.45) is 0.0571. The fourth-order valence-electron chi connectivity index (χ4n) is 1.61. The fraction of sp³-hybridized carbons (Fsp3) is 0.500. The van der Waals surface area contributed by atoms with Crippen LogP contribution in [-0.2, 0) is 10.0 Å². The fourth-order valence-corrected chi connectivity index (χ4v) is 2.78. The number of sulfonamides is 1. The van der Waals surface area contributed by atoms with Crippen LogP contribution in [0.2, 0.25) is 0 Å². The Morgan fingerprint density at radius 2 is 1.83 bits per heavy atom. The third-order valence-corrected chi connectivity index (χ3v) is 3.93. The first kappa shape index (κ1) is 15.1. The lowest BCUT2D eigenvalue weighted by atomic mass is 10.1. The van der Waals surface area contributed by atoms with Crippen LogP contribution >= 0.6 is 0 Å². The van der Waals surface area contributed by atoms with Crippen LogP contribution in [0.25, 0.3) is 0 Å². The van der Waals surface area contributed by atoms with E-state index in [2.05, 4.69) is 4.72 Å². The highest BCUT2D eigenvalue weighted by molar-refractivity contribution is 7.89. The Morgan fingerprint density at radius 3 is 2.33 bits per heavy atom. The summed E-state index contributed by atoms with van der Waals surface area (Å²) in [6, 6.07) is 4.65. The predicted octanol–water partition coefficient (Wildman–Crippen LogP) is 1.51. The zero-order valence-corrected chi connectivity index (χ0v) is 11.2. The van der Waals surface area contributed by atoms with Gasteiger partial charge < -0.3 is 5.11 Å². The van der Waals surface area contributed by atoms with Gasteiger partial charge in [-0.15, -0.1) is 0 Å². The van der Waals surface area contributed by atoms with Crippen LogP contribution in [0.4, 0.5) is 4.39 Å². The smallest absolute Gasteiger partial charge is 0.240 e. The van der Waals surface area contributed by atoms with Crippen molar-refractivity contribution in [2.75, 3.05) is 6.54 Å². The molecular formula is C12H18FNO3S. The molecule has 0 saturated carbocycles. The Hall–Kier alpha value is -0.980. The molecule has 0 saturated heterocycles. The van der Waals surface area contributed by atoms with E-state index < -0.39 is 21.9 Å². The van der Waals surface area contributed by atoms with E-state index in [-0.39, 0.29) is 17.4 Å². The van der Waals surface area contributed by atoms with Gasteiger partial charge in [-0.1, -0.05) is 6.92 Å². The lowest BCUT2D eigenvalue weighted by Gasteiger charge is -2.14. The molecule has 4 nitrogen and oxygen atoms in total. The van der Waals surface area contributed by atoms with Gasteiger partial charge in [-0.2, -0.15) is 0 Å². The van der Waals surface area contributed by atoms with Crippen molar-refractivity contribution in [1.82, 2.24) is 4.72 Å². The molecule has 0 heterocycles. The highest BCUT2D eigenvalue weighted by Gasteiger charge is 2.15. The van der Waals surface area contributed by atoms with E-state index in [4.69, 9.17) is 0 Å². The molecule has 1 aromatic rings. The zero-order chi connectivity index (χ0) is 13.8. The molecule has 0 amide bonds. The summed E-state index contributed by atoms with van der Waals surface area (Å²) in [7, 11) is -3.61. The molecule has 0 radical (unpaired) electrons. The molecule has 18 heavy (non-hydrogen) atoms. The van der Waals surface area contributed by atoms with Crippen LogP contribution in [-0.4, -0.2) is 26.2 Å². The van der Waals surface area contributed by atoms with Gasteiger partial charge >= 0.3 is 0 Å². The number of halogens is 1. The Morgan fingerprint density at radius 1 is 1.28 bits per heavy atom. The van der Waals surface area contributed by atoms with Crippen molar-refractivity contribution in [2.24, 2.45) is 5.92 Å². The quantitative estimate of drug-likeness (QED) is 0.827. The minimum atomic E-state index is -3.61. The molecule has 0 spiro atoms. The maximum Gasteiger partial charge on any atom is 0.240 e. The zero-order valence-electron chi connectivity index (χ0n) is 10.4. The van der Waals surface area contributed by atoms with Gasteiger partial charge in [0.1, 0.15) is 5.82 Å². The second kappa shape index (κ2) is 6.26. The van der Waals surface area contributed by atoms with Crippen LogP contribution in [0.5, 0.6) is 0 Å². The first-order valence-corrected chi connectivity index (χ1v) is 7.23. The number of nitrogens with one attached hydrogen (secondary N) is 1. The third-order valence-electron chi connectivity index (χ3n) is 2.49. The summed E-state index contributed by atoms with van der Waals surface area (Å²) >= 11 is 0. The van der Waals surface area contributed by atoms with E-state index in [9.17, 15) is 17.9 Å². The number of aliphatic hydroxyl groups excluding tert-OH is 1. The summed E-state index contributed by atoms with van der Waals surface area (Å²) in [5, 5.41) is 9.18. The Kier molecular flexibility index (Phi) is 5.25. The van der Waals surface area contributed by atoms with Crippen LogP contribution < -0.4 is 4.72 Å². The van der Waals surface area contributed by atoms with Crippen molar-refractivity contribution < 1.29 is 17.9 Å². The largest absolute Gasteiger partial charge is 0.393 e. The molecule has 6 heteroatoms. The van der Waals surface area contributed by atoms with Crippen molar-refractivity contribution >= 4 is 10.0 Å². The molecule has 1 aromatic carbocycles. The Labute approximate surface area is 107 Å². The average Bonchev–Trinajstić information content (AvgIpc) is 2.26. The van der Waals surface area contributed by atoms with Gasteiger partial charge in [0.15, 0.2) is 0 Å². The van der Waals surface area contributed by atoms with Gasteiger partial charge in [-0.3, -0.25) is 0 Å². The predicted molar refractivity (Wildman–Crippen MR) is 67.1 cm³/mol. The lowest BCUT2D eigenvalue weighted by Crippen LogP contribution is -2.29. The molecular weight excluding hydrogens is 257 g/mol. The molecule has 0 fully saturated rings. The molecule has 2 atom stereocenters. The lowest BCUT2D eigenvalue weighted by molar-refractivity contribution is 0.165. The normalized spacial score (nSPS) is 15.3. The van der Waals surface area contributed by atoms with Gasteiger partial charge in [0.25, 0.3) is 0 Å². The summed E-state index contributed by atoms with van der Waals surface area (Å²) in [5.41, 5.74) is 0. The van der Waals surface area contributed by atoms with E-state index in [1.807, 2.05) is 6.92 Å². The highest BCUT2D eigenvalue weighted by atomic mass is 32.2. The topological polar surface area (TPSA) is 66.4 Å². The van der Waals surface area contributed by atoms with Crippen molar-refractivity contribution in [3.63, 3.8) is 0 Å². The average molecular weight is 275 g/mol. The second-order valence-electron chi connectivity index (χ2n) is 4.50. The first-order chi connectivity index (χ1) is 8.31. The molecule has 0 aliphatic rings. The van der Waals surface area contributed by atoms with Gasteiger partial charge in [-0.25, -0.2) is 17.5 Å². The van der Waals surface area contributed by atoms with Crippen molar-refractivity contribution in [2.45, 2.75) is 31.3 Å². The number of benzene rings is 1. The molecule has 0 aliphatic heterocycles. The Bertz CT molecular complexity index is 471. The number of aliphatic hydroxyl groups is 1. The van der Waals surface area contributed by atoms with Gasteiger partial charge in [0, 0.05) is 6.54 Å². The number of hydrogen-bond donors (Lipinski definition) is 2. The number of hydrogen-bond acceptors (Lipinski definition) is 3. The van der Waals surface area contributed by atoms with Gasteiger partial charge in [0.05, 0.1) is 11.0 Å². The van der Waals surface area contributed by atoms with E-state index in [1.54, 1.807) is 6.92 Å². The maximum absolute atomic E-state index is 12.7. The summed E-state index contributed by atoms with van der Waals surface area (Å²) in [4.78, 5) is 0.0353. The van der Waals surface area contributed by atoms with E-state index in [1.165, 1.54) is 12.1 Å². The summed E-state index contributed by atoms with van der Waals surface area (Å²) in [6.45, 7) is 3.75. The van der Waals surface area contributed by atoms with Crippen LogP contribution in [0.3, 0.4) is 0 Å². The highest BCUT2D eigenvalue weighted by Crippen LogP contribution is 2.11. The molecule has 1 rings (SSSR count). The van der Waals surface area contributed by atoms with Crippen LogP contribution in [0.1, 0.15) is 20.3 Å². The molecule has 2 unspecified atom stereocenters. The maximum atomic E-state index is 12.7. The Balaban J connectivity index is 2.63.